The first-order valence-corrected chi connectivity index (χ1v) is 8.14. The minimum absolute atomic E-state index is 0.0687. The van der Waals surface area contributed by atoms with Gasteiger partial charge in [-0.15, -0.1) is 0 Å². The van der Waals surface area contributed by atoms with Gasteiger partial charge in [-0.3, -0.25) is 14.4 Å². The molecule has 0 aromatic heterocycles. The third kappa shape index (κ3) is 2.61. The van der Waals surface area contributed by atoms with Gasteiger partial charge >= 0.3 is 0 Å². The molecule has 23 heavy (non-hydrogen) atoms. The van der Waals surface area contributed by atoms with Gasteiger partial charge in [-0.05, 0) is 36.8 Å². The lowest BCUT2D eigenvalue weighted by Gasteiger charge is -2.17. The van der Waals surface area contributed by atoms with Crippen LogP contribution in [0.4, 0.5) is 5.69 Å². The van der Waals surface area contributed by atoms with Crippen molar-refractivity contribution in [2.24, 2.45) is 0 Å². The number of hydrogen-bond acceptors (Lipinski definition) is 3. The van der Waals surface area contributed by atoms with E-state index < -0.39 is 11.8 Å². The number of imide groups is 1. The highest BCUT2D eigenvalue weighted by molar-refractivity contribution is 9.10. The van der Waals surface area contributed by atoms with Gasteiger partial charge in [-0.1, -0.05) is 35.0 Å². The molecule has 0 aliphatic carbocycles. The summed E-state index contributed by atoms with van der Waals surface area (Å²) in [6.45, 7) is 1.92. The molecule has 3 rings (SSSR count). The molecule has 0 spiro atoms. The van der Waals surface area contributed by atoms with Gasteiger partial charge in [0.25, 0.3) is 11.8 Å². The van der Waals surface area contributed by atoms with E-state index in [0.29, 0.717) is 35.2 Å². The fraction of sp³-hybridized carbons (Fsp3) is 0.167. The molecule has 1 heterocycles. The first kappa shape index (κ1) is 15.6. The topological polar surface area (TPSA) is 54.5 Å². The molecule has 0 saturated carbocycles. The van der Waals surface area contributed by atoms with Crippen molar-refractivity contribution in [2.45, 2.75) is 19.8 Å². The van der Waals surface area contributed by atoms with Crippen LogP contribution in [0, 0.1) is 0 Å². The summed E-state index contributed by atoms with van der Waals surface area (Å²) < 4.78 is 0.731. The molecule has 0 bridgehead atoms. The normalized spacial score (nSPS) is 13.4. The van der Waals surface area contributed by atoms with E-state index in [0.717, 1.165) is 9.37 Å². The maximum Gasteiger partial charge on any atom is 0.266 e. The summed E-state index contributed by atoms with van der Waals surface area (Å²) in [5, 5.41) is 0. The number of carbonyl (C=O) groups excluding carboxylic acids is 3. The molecule has 2 aromatic carbocycles. The first-order chi connectivity index (χ1) is 11.0. The maximum absolute atomic E-state index is 12.7. The average molecular weight is 372 g/mol. The van der Waals surface area contributed by atoms with Crippen LogP contribution in [0.5, 0.6) is 0 Å². The largest absolute Gasteiger partial charge is 0.294 e. The molecular weight excluding hydrogens is 358 g/mol. The second kappa shape index (κ2) is 6.08. The zero-order valence-corrected chi connectivity index (χ0v) is 14.1. The fourth-order valence-electron chi connectivity index (χ4n) is 2.70. The Morgan fingerprint density at radius 1 is 1.04 bits per heavy atom. The molecule has 2 amide bonds. The Kier molecular flexibility index (Phi) is 4.13. The number of fused-ring (bicyclic) bond motifs is 1. The highest BCUT2D eigenvalue weighted by Crippen LogP contribution is 2.32. The first-order valence-electron chi connectivity index (χ1n) is 7.35. The van der Waals surface area contributed by atoms with E-state index in [-0.39, 0.29) is 5.78 Å². The van der Waals surface area contributed by atoms with Crippen LogP contribution in [0.15, 0.2) is 46.9 Å². The number of carbonyl (C=O) groups is 3. The number of hydrogen-bond donors (Lipinski definition) is 0. The van der Waals surface area contributed by atoms with Gasteiger partial charge < -0.3 is 0 Å². The van der Waals surface area contributed by atoms with E-state index in [1.807, 2.05) is 6.92 Å². The second-order valence-electron chi connectivity index (χ2n) is 5.33. The van der Waals surface area contributed by atoms with Crippen molar-refractivity contribution in [3.8, 4) is 0 Å². The van der Waals surface area contributed by atoms with Crippen LogP contribution >= 0.6 is 15.9 Å². The van der Waals surface area contributed by atoms with Crippen LogP contribution < -0.4 is 4.90 Å². The Morgan fingerprint density at radius 2 is 1.74 bits per heavy atom. The minimum atomic E-state index is -0.400. The lowest BCUT2D eigenvalue weighted by atomic mass is 10.0. The van der Waals surface area contributed by atoms with Gasteiger partial charge in [-0.25, -0.2) is 4.90 Å². The molecule has 4 nitrogen and oxygen atoms in total. The number of para-hydroxylation sites is 1. The van der Waals surface area contributed by atoms with E-state index in [4.69, 9.17) is 0 Å². The monoisotopic (exact) mass is 371 g/mol. The van der Waals surface area contributed by atoms with Crippen molar-refractivity contribution in [1.82, 2.24) is 0 Å². The van der Waals surface area contributed by atoms with Crippen molar-refractivity contribution < 1.29 is 14.4 Å². The third-order valence-electron chi connectivity index (χ3n) is 3.77. The van der Waals surface area contributed by atoms with Crippen molar-refractivity contribution in [1.29, 1.82) is 0 Å². The number of anilines is 1. The summed E-state index contributed by atoms with van der Waals surface area (Å²) in [6.07, 6.45) is 1.09. The molecule has 0 saturated heterocycles. The van der Waals surface area contributed by atoms with Crippen LogP contribution in [0.3, 0.4) is 0 Å². The van der Waals surface area contributed by atoms with E-state index in [2.05, 4.69) is 15.9 Å². The van der Waals surface area contributed by atoms with E-state index >= 15 is 0 Å². The Labute approximate surface area is 142 Å². The zero-order chi connectivity index (χ0) is 16.6. The molecule has 1 aliphatic heterocycles. The predicted molar refractivity (Wildman–Crippen MR) is 91.0 cm³/mol. The van der Waals surface area contributed by atoms with Crippen molar-refractivity contribution >= 4 is 39.2 Å². The Balaban J connectivity index is 2.09. The Morgan fingerprint density at radius 3 is 2.48 bits per heavy atom. The highest BCUT2D eigenvalue weighted by Gasteiger charge is 2.38. The summed E-state index contributed by atoms with van der Waals surface area (Å²) in [5.74, 6) is -0.863. The van der Waals surface area contributed by atoms with Crippen LogP contribution in [-0.2, 0) is 0 Å². The van der Waals surface area contributed by atoms with Crippen LogP contribution in [0.25, 0.3) is 0 Å². The van der Waals surface area contributed by atoms with Gasteiger partial charge in [-0.2, -0.15) is 0 Å². The summed E-state index contributed by atoms with van der Waals surface area (Å²) in [4.78, 5) is 38.7. The van der Waals surface area contributed by atoms with Gasteiger partial charge in [0.15, 0.2) is 5.78 Å². The van der Waals surface area contributed by atoms with Crippen LogP contribution in [-0.4, -0.2) is 17.6 Å². The highest BCUT2D eigenvalue weighted by atomic mass is 79.9. The lowest BCUT2D eigenvalue weighted by Crippen LogP contribution is -2.30. The number of rotatable bonds is 4. The molecule has 5 heteroatoms. The van der Waals surface area contributed by atoms with E-state index in [9.17, 15) is 14.4 Å². The number of halogens is 1. The van der Waals surface area contributed by atoms with Crippen molar-refractivity contribution in [3.63, 3.8) is 0 Å². The predicted octanol–water partition coefficient (Wildman–Crippen LogP) is 4.23. The van der Waals surface area contributed by atoms with Crippen molar-refractivity contribution in [2.75, 3.05) is 4.90 Å². The average Bonchev–Trinajstić information content (AvgIpc) is 2.78. The quantitative estimate of drug-likeness (QED) is 0.596. The number of ketones is 1. The molecule has 0 atom stereocenters. The maximum atomic E-state index is 12.7. The van der Waals surface area contributed by atoms with E-state index in [1.54, 1.807) is 42.5 Å². The number of amides is 2. The van der Waals surface area contributed by atoms with Crippen molar-refractivity contribution in [3.05, 3.63) is 63.6 Å². The van der Waals surface area contributed by atoms with Gasteiger partial charge in [0.05, 0.1) is 16.8 Å². The molecule has 0 unspecified atom stereocenters. The van der Waals surface area contributed by atoms with Crippen LogP contribution in [0.2, 0.25) is 0 Å². The molecule has 0 N–H and O–H groups in total. The SMILES string of the molecule is CCCC(=O)c1ccccc1N1C(=O)c2ccc(Br)cc2C1=O. The summed E-state index contributed by atoms with van der Waals surface area (Å²) in [6, 6.07) is 11.7. The number of nitrogens with zero attached hydrogens (tertiary/aromatic N) is 1. The Bertz CT molecular complexity index is 829. The Hall–Kier alpha value is -2.27. The van der Waals surface area contributed by atoms with Gasteiger partial charge in [0, 0.05) is 16.5 Å². The van der Waals surface area contributed by atoms with E-state index in [1.165, 1.54) is 0 Å². The molecule has 2 aromatic rings. The zero-order valence-electron chi connectivity index (χ0n) is 12.5. The smallest absolute Gasteiger partial charge is 0.266 e. The molecule has 1 aliphatic rings. The summed E-state index contributed by atoms with van der Waals surface area (Å²) >= 11 is 3.31. The molecule has 0 fully saturated rings. The standard InChI is InChI=1S/C18H14BrNO3/c1-2-5-16(21)13-6-3-4-7-15(13)20-17(22)12-9-8-11(19)10-14(12)18(20)23/h3-4,6-10H,2,5H2,1H3. The lowest BCUT2D eigenvalue weighted by molar-refractivity contribution is 0.0926. The van der Waals surface area contributed by atoms with Gasteiger partial charge in [0.1, 0.15) is 0 Å². The molecule has 0 radical (unpaired) electrons. The summed E-state index contributed by atoms with van der Waals surface area (Å²) in [7, 11) is 0. The molecular formula is C18H14BrNO3. The third-order valence-corrected chi connectivity index (χ3v) is 4.26. The minimum Gasteiger partial charge on any atom is -0.294 e. The van der Waals surface area contributed by atoms with Gasteiger partial charge in [0.2, 0.25) is 0 Å². The second-order valence-corrected chi connectivity index (χ2v) is 6.24. The molecule has 116 valence electrons. The number of Topliss-reactive ketones (excluding diaryl/α,β-unsaturated/α-hetero) is 1. The summed E-state index contributed by atoms with van der Waals surface area (Å²) in [5.41, 5.74) is 1.47. The van der Waals surface area contributed by atoms with Crippen LogP contribution in [0.1, 0.15) is 50.8 Å². The number of benzene rings is 2. The fourth-order valence-corrected chi connectivity index (χ4v) is 3.06.